The minimum absolute atomic E-state index is 0.140. The molecule has 9 nitrogen and oxygen atoms in total. The van der Waals surface area contributed by atoms with Crippen molar-refractivity contribution in [1.82, 2.24) is 9.13 Å². The zero-order valence-electron chi connectivity index (χ0n) is 22.3. The Kier molecular flexibility index (Phi) is 8.16. The molecule has 1 saturated carbocycles. The molecule has 0 bridgehead atoms. The summed E-state index contributed by atoms with van der Waals surface area (Å²) in [6.07, 6.45) is -0.710. The van der Waals surface area contributed by atoms with Gasteiger partial charge in [0.25, 0.3) is 5.56 Å². The first-order valence-electron chi connectivity index (χ1n) is 13.5. The smallest absolute Gasteiger partial charge is 0.335 e. The summed E-state index contributed by atoms with van der Waals surface area (Å²) in [5, 5.41) is 22.8. The first kappa shape index (κ1) is 27.5. The fraction of sp³-hybridized carbons (Fsp3) is 0.467. The van der Waals surface area contributed by atoms with Crippen LogP contribution in [0.15, 0.2) is 76.4 Å². The lowest BCUT2D eigenvalue weighted by Gasteiger charge is -2.46. The van der Waals surface area contributed by atoms with E-state index in [4.69, 9.17) is 14.2 Å². The van der Waals surface area contributed by atoms with E-state index < -0.39 is 41.4 Å². The average Bonchev–Trinajstić information content (AvgIpc) is 3.24. The topological polar surface area (TPSA) is 112 Å². The molecule has 1 aromatic heterocycles. The Bertz CT molecular complexity index is 1360. The lowest BCUT2D eigenvalue weighted by Crippen LogP contribution is -2.59. The number of hydrogen-bond donors (Lipinski definition) is 2. The number of nitrogens with zero attached hydrogens (tertiary/aromatic N) is 2. The van der Waals surface area contributed by atoms with Gasteiger partial charge in [-0.25, -0.2) is 9.36 Å². The van der Waals surface area contributed by atoms with E-state index in [2.05, 4.69) is 0 Å². The summed E-state index contributed by atoms with van der Waals surface area (Å²) >= 11 is 0. The van der Waals surface area contributed by atoms with E-state index in [-0.39, 0.29) is 25.9 Å². The lowest BCUT2D eigenvalue weighted by atomic mass is 9.71. The zero-order chi connectivity index (χ0) is 27.6. The van der Waals surface area contributed by atoms with Crippen molar-refractivity contribution in [3.8, 4) is 0 Å². The van der Waals surface area contributed by atoms with Crippen molar-refractivity contribution in [2.45, 2.75) is 83.2 Å². The maximum Gasteiger partial charge on any atom is 0.335 e. The molecule has 2 aromatic carbocycles. The SMILES string of the molecule is Cc1cn([C@@H]2OC3([C@H](C)CCC[C@@H]3O)[C@H](OCc3ccccc3)[C@@H]2O)c(=O)n(COCc2ccccc2)c1=O. The molecule has 208 valence electrons. The molecule has 0 amide bonds. The molecule has 9 heteroatoms. The summed E-state index contributed by atoms with van der Waals surface area (Å²) in [5.41, 5.74) is -0.232. The summed E-state index contributed by atoms with van der Waals surface area (Å²) in [7, 11) is 0. The van der Waals surface area contributed by atoms with Gasteiger partial charge in [0.15, 0.2) is 6.23 Å². The van der Waals surface area contributed by atoms with Crippen molar-refractivity contribution >= 4 is 0 Å². The Morgan fingerprint density at radius 1 is 0.974 bits per heavy atom. The van der Waals surface area contributed by atoms with Gasteiger partial charge in [0.05, 0.1) is 19.3 Å². The van der Waals surface area contributed by atoms with Gasteiger partial charge in [-0.05, 0) is 36.8 Å². The number of aliphatic hydroxyl groups excluding tert-OH is 2. The van der Waals surface area contributed by atoms with Crippen molar-refractivity contribution in [3.63, 3.8) is 0 Å². The van der Waals surface area contributed by atoms with Crippen LogP contribution in [-0.2, 0) is 34.2 Å². The van der Waals surface area contributed by atoms with Crippen LogP contribution in [0.1, 0.15) is 49.1 Å². The maximum absolute atomic E-state index is 13.6. The summed E-state index contributed by atoms with van der Waals surface area (Å²) < 4.78 is 20.7. The number of aliphatic hydroxyl groups is 2. The van der Waals surface area contributed by atoms with Crippen molar-refractivity contribution < 1.29 is 24.4 Å². The normalized spacial score (nSPS) is 28.7. The first-order valence-corrected chi connectivity index (χ1v) is 13.5. The van der Waals surface area contributed by atoms with Crippen molar-refractivity contribution in [2.75, 3.05) is 0 Å². The van der Waals surface area contributed by atoms with Crippen LogP contribution in [0.4, 0.5) is 0 Å². The van der Waals surface area contributed by atoms with Gasteiger partial charge in [-0.2, -0.15) is 0 Å². The van der Waals surface area contributed by atoms with Crippen LogP contribution in [-0.4, -0.2) is 43.3 Å². The summed E-state index contributed by atoms with van der Waals surface area (Å²) in [4.78, 5) is 26.5. The Balaban J connectivity index is 1.46. The molecule has 0 radical (unpaired) electrons. The zero-order valence-corrected chi connectivity index (χ0v) is 22.3. The van der Waals surface area contributed by atoms with Gasteiger partial charge in [-0.15, -0.1) is 0 Å². The molecule has 3 aromatic rings. The van der Waals surface area contributed by atoms with E-state index in [1.807, 2.05) is 67.6 Å². The van der Waals surface area contributed by atoms with Crippen LogP contribution in [0.5, 0.6) is 0 Å². The second-order valence-electron chi connectivity index (χ2n) is 10.6. The van der Waals surface area contributed by atoms with Gasteiger partial charge in [0.2, 0.25) is 0 Å². The second kappa shape index (κ2) is 11.6. The minimum atomic E-state index is -1.27. The highest BCUT2D eigenvalue weighted by molar-refractivity contribution is 5.16. The molecule has 1 aliphatic carbocycles. The molecule has 2 N–H and O–H groups in total. The van der Waals surface area contributed by atoms with Gasteiger partial charge in [0, 0.05) is 11.8 Å². The summed E-state index contributed by atoms with van der Waals surface area (Å²) in [5.74, 6) is -0.140. The van der Waals surface area contributed by atoms with Crippen LogP contribution in [0, 0.1) is 12.8 Å². The molecular formula is C30H36N2O7. The third kappa shape index (κ3) is 5.25. The Morgan fingerprint density at radius 3 is 2.26 bits per heavy atom. The summed E-state index contributed by atoms with van der Waals surface area (Å²) in [6.45, 7) is 3.76. The fourth-order valence-corrected chi connectivity index (χ4v) is 5.92. The largest absolute Gasteiger partial charge is 0.390 e. The van der Waals surface area contributed by atoms with Crippen LogP contribution in [0.3, 0.4) is 0 Å². The maximum atomic E-state index is 13.6. The quantitative estimate of drug-likeness (QED) is 0.455. The summed E-state index contributed by atoms with van der Waals surface area (Å²) in [6, 6.07) is 19.0. The van der Waals surface area contributed by atoms with E-state index in [0.717, 1.165) is 28.5 Å². The van der Waals surface area contributed by atoms with E-state index in [9.17, 15) is 19.8 Å². The Morgan fingerprint density at radius 2 is 1.62 bits per heavy atom. The van der Waals surface area contributed by atoms with Crippen LogP contribution in [0.25, 0.3) is 0 Å². The van der Waals surface area contributed by atoms with E-state index in [1.54, 1.807) is 6.92 Å². The van der Waals surface area contributed by atoms with E-state index in [1.165, 1.54) is 10.8 Å². The van der Waals surface area contributed by atoms with Crippen LogP contribution in [0.2, 0.25) is 0 Å². The molecule has 2 aliphatic rings. The third-order valence-corrected chi connectivity index (χ3v) is 8.02. The number of aromatic nitrogens is 2. The number of benzene rings is 2. The molecule has 6 atom stereocenters. The molecule has 1 aliphatic heterocycles. The minimum Gasteiger partial charge on any atom is -0.390 e. The molecule has 1 spiro atoms. The number of ether oxygens (including phenoxy) is 3. The molecule has 5 rings (SSSR count). The molecular weight excluding hydrogens is 500 g/mol. The Hall–Kier alpha value is -3.08. The number of hydrogen-bond acceptors (Lipinski definition) is 7. The highest BCUT2D eigenvalue weighted by atomic mass is 16.6. The average molecular weight is 537 g/mol. The predicted molar refractivity (Wildman–Crippen MR) is 144 cm³/mol. The monoisotopic (exact) mass is 536 g/mol. The highest BCUT2D eigenvalue weighted by Gasteiger charge is 2.63. The molecule has 1 saturated heterocycles. The lowest BCUT2D eigenvalue weighted by molar-refractivity contribution is -0.215. The van der Waals surface area contributed by atoms with Gasteiger partial charge < -0.3 is 24.4 Å². The van der Waals surface area contributed by atoms with E-state index in [0.29, 0.717) is 12.0 Å². The van der Waals surface area contributed by atoms with Gasteiger partial charge in [0.1, 0.15) is 24.5 Å². The van der Waals surface area contributed by atoms with Crippen LogP contribution < -0.4 is 11.2 Å². The van der Waals surface area contributed by atoms with Gasteiger partial charge in [-0.1, -0.05) is 74.0 Å². The van der Waals surface area contributed by atoms with Gasteiger partial charge in [-0.3, -0.25) is 9.36 Å². The number of rotatable bonds is 8. The molecule has 2 heterocycles. The fourth-order valence-electron chi connectivity index (χ4n) is 5.92. The third-order valence-electron chi connectivity index (χ3n) is 8.02. The van der Waals surface area contributed by atoms with Gasteiger partial charge >= 0.3 is 5.69 Å². The van der Waals surface area contributed by atoms with Crippen molar-refractivity contribution in [3.05, 3.63) is 104 Å². The molecule has 2 fully saturated rings. The Labute approximate surface area is 227 Å². The number of aryl methyl sites for hydroxylation is 1. The highest BCUT2D eigenvalue weighted by Crippen LogP contribution is 2.50. The first-order chi connectivity index (χ1) is 18.8. The van der Waals surface area contributed by atoms with E-state index >= 15 is 0 Å². The van der Waals surface area contributed by atoms with Crippen molar-refractivity contribution in [2.24, 2.45) is 5.92 Å². The molecule has 1 unspecified atom stereocenters. The molecule has 39 heavy (non-hydrogen) atoms. The van der Waals surface area contributed by atoms with Crippen LogP contribution >= 0.6 is 0 Å². The van der Waals surface area contributed by atoms with Crippen molar-refractivity contribution in [1.29, 1.82) is 0 Å². The predicted octanol–water partition coefficient (Wildman–Crippen LogP) is 2.89. The second-order valence-corrected chi connectivity index (χ2v) is 10.6. The standard InChI is InChI=1S/C30H36N2O7/c1-20-16-31(29(36)32(27(20)35)19-37-17-22-11-5-3-6-12-22)28-25(34)26(38-18-23-13-7-4-8-14-23)30(39-28)21(2)10-9-15-24(30)33/h3-8,11-14,16,21,24-26,28,33-34H,9-10,15,17-19H2,1-2H3/t21-,24+,25+,26-,28-,30?/m1/s1.